The van der Waals surface area contributed by atoms with Crippen molar-refractivity contribution in [2.24, 2.45) is 0 Å². The minimum Gasteiger partial charge on any atom is -0.351 e. The van der Waals surface area contributed by atoms with Crippen LogP contribution in [0, 0.1) is 0 Å². The molecule has 0 bridgehead atoms. The quantitative estimate of drug-likeness (QED) is 0.765. The molecule has 4 nitrogen and oxygen atoms in total. The Balaban J connectivity index is 2.86. The third kappa shape index (κ3) is 3.19. The smallest absolute Gasteiger partial charge is 0.244 e. The Morgan fingerprint density at radius 2 is 2.29 bits per heavy atom. The van der Waals surface area contributed by atoms with Gasteiger partial charge in [0.2, 0.25) is 5.91 Å². The van der Waals surface area contributed by atoms with E-state index in [2.05, 4.69) is 36.9 Å². The zero-order chi connectivity index (χ0) is 12.8. The highest BCUT2D eigenvalue weighted by Crippen LogP contribution is 2.13. The lowest BCUT2D eigenvalue weighted by Crippen LogP contribution is -2.32. The van der Waals surface area contributed by atoms with Crippen LogP contribution in [0.1, 0.15) is 38.2 Å². The number of aryl methyl sites for hydroxylation is 2. The molecule has 0 radical (unpaired) electrons. The maximum Gasteiger partial charge on any atom is 0.244 e. The minimum absolute atomic E-state index is 0.0228. The molecule has 1 atom stereocenters. The van der Waals surface area contributed by atoms with Crippen LogP contribution in [-0.4, -0.2) is 22.2 Å². The van der Waals surface area contributed by atoms with Crippen LogP contribution in [0.4, 0.5) is 0 Å². The molecule has 0 aliphatic rings. The van der Waals surface area contributed by atoms with Gasteiger partial charge in [0.05, 0.1) is 5.69 Å². The molecule has 94 valence electrons. The molecule has 1 unspecified atom stereocenters. The molecule has 1 amide bonds. The van der Waals surface area contributed by atoms with Gasteiger partial charge in [0.1, 0.15) is 6.04 Å². The van der Waals surface area contributed by atoms with E-state index in [0.717, 1.165) is 24.2 Å². The summed E-state index contributed by atoms with van der Waals surface area (Å²) in [4.78, 5) is 11.8. The fourth-order valence-corrected chi connectivity index (χ4v) is 1.69. The van der Waals surface area contributed by atoms with E-state index in [0.29, 0.717) is 6.54 Å². The van der Waals surface area contributed by atoms with Gasteiger partial charge >= 0.3 is 0 Å². The molecule has 0 aliphatic carbocycles. The molecule has 1 aromatic heterocycles. The second-order valence-corrected chi connectivity index (χ2v) is 3.99. The van der Waals surface area contributed by atoms with Crippen molar-refractivity contribution in [3.8, 4) is 0 Å². The van der Waals surface area contributed by atoms with Crippen LogP contribution < -0.4 is 5.32 Å². The maximum absolute atomic E-state index is 11.8. The van der Waals surface area contributed by atoms with Gasteiger partial charge in [-0.25, -0.2) is 0 Å². The Morgan fingerprint density at radius 1 is 1.59 bits per heavy atom. The van der Waals surface area contributed by atoms with Crippen molar-refractivity contribution < 1.29 is 4.79 Å². The van der Waals surface area contributed by atoms with E-state index in [-0.39, 0.29) is 11.9 Å². The number of hydrogen-bond donors (Lipinski definition) is 1. The molecule has 0 aromatic carbocycles. The number of amides is 1. The molecule has 4 heteroatoms. The average Bonchev–Trinajstić information content (AvgIpc) is 2.78. The average molecular weight is 235 g/mol. The second kappa shape index (κ2) is 6.23. The predicted molar refractivity (Wildman–Crippen MR) is 68.9 cm³/mol. The van der Waals surface area contributed by atoms with Crippen LogP contribution in [0.2, 0.25) is 0 Å². The minimum atomic E-state index is -0.273. The monoisotopic (exact) mass is 235 g/mol. The van der Waals surface area contributed by atoms with E-state index in [1.807, 2.05) is 11.6 Å². The third-order valence-corrected chi connectivity index (χ3v) is 2.76. The van der Waals surface area contributed by atoms with Gasteiger partial charge in [0, 0.05) is 12.2 Å². The van der Waals surface area contributed by atoms with E-state index in [9.17, 15) is 4.79 Å². The summed E-state index contributed by atoms with van der Waals surface area (Å²) >= 11 is 0. The molecule has 1 N–H and O–H groups in total. The summed E-state index contributed by atoms with van der Waals surface area (Å²) in [5, 5.41) is 7.25. The zero-order valence-electron chi connectivity index (χ0n) is 10.9. The Labute approximate surface area is 103 Å². The summed E-state index contributed by atoms with van der Waals surface area (Å²) in [7, 11) is 0. The Morgan fingerprint density at radius 3 is 2.82 bits per heavy atom. The largest absolute Gasteiger partial charge is 0.351 e. The molecule has 1 aromatic rings. The topological polar surface area (TPSA) is 46.9 Å². The highest BCUT2D eigenvalue weighted by atomic mass is 16.2. The molecule has 1 heterocycles. The van der Waals surface area contributed by atoms with Gasteiger partial charge in [0.15, 0.2) is 0 Å². The molecule has 0 aliphatic heterocycles. The lowest BCUT2D eigenvalue weighted by Gasteiger charge is -2.14. The summed E-state index contributed by atoms with van der Waals surface area (Å²) in [6.45, 7) is 10.1. The van der Waals surface area contributed by atoms with Gasteiger partial charge < -0.3 is 5.32 Å². The Bertz CT molecular complexity index is 395. The van der Waals surface area contributed by atoms with Crippen LogP contribution in [0.3, 0.4) is 0 Å². The summed E-state index contributed by atoms with van der Waals surface area (Å²) < 4.78 is 1.82. The van der Waals surface area contributed by atoms with E-state index >= 15 is 0 Å². The standard InChI is InChI=1S/C13H21N3O/c1-5-8-14-13(17)10(4)16-12(7-3)9-11(6-2)15-16/h5,9-10H,1,6-8H2,2-4H3,(H,14,17). The predicted octanol–water partition coefficient (Wildman–Crippen LogP) is 1.87. The number of carbonyl (C=O) groups is 1. The fraction of sp³-hybridized carbons (Fsp3) is 0.538. The first-order valence-corrected chi connectivity index (χ1v) is 6.09. The summed E-state index contributed by atoms with van der Waals surface area (Å²) in [6.07, 6.45) is 3.44. The number of nitrogens with one attached hydrogen (secondary N) is 1. The SMILES string of the molecule is C=CCNC(=O)C(C)n1nc(CC)cc1CC. The zero-order valence-corrected chi connectivity index (χ0v) is 10.9. The van der Waals surface area contributed by atoms with Crippen molar-refractivity contribution in [2.45, 2.75) is 39.7 Å². The van der Waals surface area contributed by atoms with Crippen LogP contribution in [0.5, 0.6) is 0 Å². The lowest BCUT2D eigenvalue weighted by molar-refractivity contribution is -0.123. The Kier molecular flexibility index (Phi) is 4.94. The van der Waals surface area contributed by atoms with E-state index in [1.165, 1.54) is 0 Å². The highest BCUT2D eigenvalue weighted by Gasteiger charge is 2.18. The first-order chi connectivity index (χ1) is 8.13. The molecular formula is C13H21N3O. The molecule has 0 spiro atoms. The van der Waals surface area contributed by atoms with Gasteiger partial charge in [-0.2, -0.15) is 5.10 Å². The van der Waals surface area contributed by atoms with Crippen LogP contribution in [-0.2, 0) is 17.6 Å². The summed E-state index contributed by atoms with van der Waals surface area (Å²) in [5.74, 6) is -0.0228. The lowest BCUT2D eigenvalue weighted by atomic mass is 10.2. The molecule has 1 rings (SSSR count). The Hall–Kier alpha value is -1.58. The fourth-order valence-electron chi connectivity index (χ4n) is 1.69. The normalized spacial score (nSPS) is 12.2. The van der Waals surface area contributed by atoms with Gasteiger partial charge in [0.25, 0.3) is 0 Å². The van der Waals surface area contributed by atoms with E-state index < -0.39 is 0 Å². The molecule has 0 saturated heterocycles. The summed E-state index contributed by atoms with van der Waals surface area (Å²) in [5.41, 5.74) is 2.13. The van der Waals surface area contributed by atoms with Crippen LogP contribution in [0.15, 0.2) is 18.7 Å². The van der Waals surface area contributed by atoms with Crippen molar-refractivity contribution in [3.63, 3.8) is 0 Å². The molecule has 17 heavy (non-hydrogen) atoms. The van der Waals surface area contributed by atoms with Crippen molar-refractivity contribution in [1.29, 1.82) is 0 Å². The number of hydrogen-bond acceptors (Lipinski definition) is 2. The van der Waals surface area contributed by atoms with Crippen molar-refractivity contribution in [1.82, 2.24) is 15.1 Å². The first-order valence-electron chi connectivity index (χ1n) is 6.09. The number of aromatic nitrogens is 2. The van der Waals surface area contributed by atoms with Gasteiger partial charge in [-0.15, -0.1) is 6.58 Å². The molecular weight excluding hydrogens is 214 g/mol. The van der Waals surface area contributed by atoms with Gasteiger partial charge in [-0.05, 0) is 25.8 Å². The van der Waals surface area contributed by atoms with Crippen molar-refractivity contribution in [3.05, 3.63) is 30.1 Å². The number of nitrogens with zero attached hydrogens (tertiary/aromatic N) is 2. The highest BCUT2D eigenvalue weighted by molar-refractivity contribution is 5.79. The molecule has 0 fully saturated rings. The van der Waals surface area contributed by atoms with Crippen molar-refractivity contribution in [2.75, 3.05) is 6.54 Å². The molecule has 0 saturated carbocycles. The third-order valence-electron chi connectivity index (χ3n) is 2.76. The van der Waals surface area contributed by atoms with Crippen LogP contribution >= 0.6 is 0 Å². The summed E-state index contributed by atoms with van der Waals surface area (Å²) in [6, 6.07) is 1.79. The van der Waals surface area contributed by atoms with Crippen molar-refractivity contribution >= 4 is 5.91 Å². The maximum atomic E-state index is 11.8. The van der Waals surface area contributed by atoms with E-state index in [1.54, 1.807) is 6.08 Å². The second-order valence-electron chi connectivity index (χ2n) is 3.99. The van der Waals surface area contributed by atoms with Gasteiger partial charge in [-0.3, -0.25) is 9.48 Å². The van der Waals surface area contributed by atoms with Gasteiger partial charge in [-0.1, -0.05) is 19.9 Å². The number of carbonyl (C=O) groups excluding carboxylic acids is 1. The number of rotatable bonds is 6. The van der Waals surface area contributed by atoms with E-state index in [4.69, 9.17) is 0 Å². The van der Waals surface area contributed by atoms with Crippen LogP contribution in [0.25, 0.3) is 0 Å². The first kappa shape index (κ1) is 13.5.